The van der Waals surface area contributed by atoms with Gasteiger partial charge in [-0.1, -0.05) is 0 Å². The van der Waals surface area contributed by atoms with E-state index in [1.54, 1.807) is 11.1 Å². The quantitative estimate of drug-likeness (QED) is 0.495. The van der Waals surface area contributed by atoms with Crippen LogP contribution in [0.15, 0.2) is 12.0 Å². The zero-order valence-electron chi connectivity index (χ0n) is 6.41. The summed E-state index contributed by atoms with van der Waals surface area (Å²) in [5.41, 5.74) is 0. The zero-order valence-corrected chi connectivity index (χ0v) is 6.41. The Balaban J connectivity index is 2.01. The van der Waals surface area contributed by atoms with Gasteiger partial charge >= 0.3 is 6.03 Å². The smallest absolute Gasteiger partial charge is 0.321 e. The van der Waals surface area contributed by atoms with E-state index in [0.29, 0.717) is 6.73 Å². The van der Waals surface area contributed by atoms with E-state index >= 15 is 0 Å². The van der Waals surface area contributed by atoms with Crippen LogP contribution in [-0.2, 0) is 4.74 Å². The molecular formula is C7H9N3O2. The molecule has 0 aliphatic carbocycles. The summed E-state index contributed by atoms with van der Waals surface area (Å²) in [6.07, 6.45) is 1.78. The Labute approximate surface area is 69.4 Å². The number of fused-ring (bicyclic) bond motifs is 4. The lowest BCUT2D eigenvalue weighted by molar-refractivity contribution is 0.222. The van der Waals surface area contributed by atoms with Crippen molar-refractivity contribution in [2.45, 2.75) is 12.1 Å². The molecule has 0 saturated carbocycles. The Morgan fingerprint density at radius 2 is 2.58 bits per heavy atom. The molecule has 12 heavy (non-hydrogen) atoms. The molecule has 2 bridgehead atoms. The van der Waals surface area contributed by atoms with Gasteiger partial charge < -0.3 is 10.1 Å². The van der Waals surface area contributed by atoms with Gasteiger partial charge in [-0.05, 0) is 0 Å². The highest BCUT2D eigenvalue weighted by molar-refractivity contribution is 5.79. The molecule has 0 aromatic carbocycles. The van der Waals surface area contributed by atoms with Crippen LogP contribution >= 0.6 is 0 Å². The number of amides is 2. The van der Waals surface area contributed by atoms with E-state index < -0.39 is 0 Å². The van der Waals surface area contributed by atoms with Crippen LogP contribution in [0.4, 0.5) is 4.79 Å². The van der Waals surface area contributed by atoms with Crippen LogP contribution in [-0.4, -0.2) is 36.3 Å². The monoisotopic (exact) mass is 167 g/mol. The van der Waals surface area contributed by atoms with Crippen LogP contribution < -0.4 is 10.6 Å². The molecule has 3 aliphatic heterocycles. The van der Waals surface area contributed by atoms with Crippen LogP contribution in [0.3, 0.4) is 0 Å². The van der Waals surface area contributed by atoms with Gasteiger partial charge in [-0.15, -0.1) is 0 Å². The molecule has 0 aromatic rings. The fraction of sp³-hybridized carbons (Fsp3) is 0.571. The molecule has 0 radical (unpaired) electrons. The minimum Gasteiger partial charge on any atom is -0.479 e. The molecule has 2 atom stereocenters. The SMILES string of the molecule is O=C1NC2CN1C=C1OCNC12. The Hall–Kier alpha value is -1.23. The first kappa shape index (κ1) is 6.30. The third-order valence-electron chi connectivity index (χ3n) is 2.50. The summed E-state index contributed by atoms with van der Waals surface area (Å²) in [6.45, 7) is 1.31. The van der Waals surface area contributed by atoms with Gasteiger partial charge in [-0.2, -0.15) is 0 Å². The lowest BCUT2D eigenvalue weighted by Crippen LogP contribution is -2.45. The zero-order chi connectivity index (χ0) is 8.13. The molecule has 3 aliphatic rings. The minimum atomic E-state index is -0.0210. The fourth-order valence-electron chi connectivity index (χ4n) is 1.90. The first-order valence-electron chi connectivity index (χ1n) is 3.99. The normalized spacial score (nSPS) is 37.2. The first-order valence-corrected chi connectivity index (χ1v) is 3.99. The molecule has 5 nitrogen and oxygen atoms in total. The second-order valence-corrected chi connectivity index (χ2v) is 3.21. The molecule has 2 unspecified atom stereocenters. The maximum atomic E-state index is 11.2. The minimum absolute atomic E-state index is 0.0210. The van der Waals surface area contributed by atoms with E-state index in [9.17, 15) is 4.79 Å². The highest BCUT2D eigenvalue weighted by Gasteiger charge is 2.42. The fourth-order valence-corrected chi connectivity index (χ4v) is 1.90. The Morgan fingerprint density at radius 3 is 3.50 bits per heavy atom. The number of nitrogens with one attached hydrogen (secondary N) is 2. The number of ether oxygens (including phenoxy) is 1. The van der Waals surface area contributed by atoms with Gasteiger partial charge in [0, 0.05) is 12.7 Å². The lowest BCUT2D eigenvalue weighted by atomic mass is 10.1. The Kier molecular flexibility index (Phi) is 1.01. The molecular weight excluding hydrogens is 158 g/mol. The number of nitrogens with zero attached hydrogens (tertiary/aromatic N) is 1. The maximum absolute atomic E-state index is 11.2. The molecule has 64 valence electrons. The van der Waals surface area contributed by atoms with Gasteiger partial charge in [0.05, 0.1) is 12.1 Å². The average Bonchev–Trinajstić information content (AvgIpc) is 2.60. The van der Waals surface area contributed by atoms with Crippen molar-refractivity contribution in [2.24, 2.45) is 0 Å². The van der Waals surface area contributed by atoms with Crippen LogP contribution in [0.2, 0.25) is 0 Å². The van der Waals surface area contributed by atoms with E-state index in [1.807, 2.05) is 0 Å². The van der Waals surface area contributed by atoms with Crippen molar-refractivity contribution in [3.05, 3.63) is 12.0 Å². The third-order valence-corrected chi connectivity index (χ3v) is 2.50. The molecule has 0 aromatic heterocycles. The van der Waals surface area contributed by atoms with Crippen molar-refractivity contribution in [2.75, 3.05) is 13.3 Å². The topological polar surface area (TPSA) is 53.6 Å². The van der Waals surface area contributed by atoms with Gasteiger partial charge in [0.15, 0.2) is 0 Å². The summed E-state index contributed by atoms with van der Waals surface area (Å²) in [7, 11) is 0. The predicted molar refractivity (Wildman–Crippen MR) is 40.0 cm³/mol. The summed E-state index contributed by atoms with van der Waals surface area (Å²) in [5.74, 6) is 0.879. The van der Waals surface area contributed by atoms with E-state index in [2.05, 4.69) is 10.6 Å². The summed E-state index contributed by atoms with van der Waals surface area (Å²) in [6, 6.07) is 0.347. The molecule has 2 N–H and O–H groups in total. The van der Waals surface area contributed by atoms with Gasteiger partial charge in [0.25, 0.3) is 0 Å². The van der Waals surface area contributed by atoms with Gasteiger partial charge in [0.2, 0.25) is 0 Å². The summed E-state index contributed by atoms with van der Waals surface area (Å²) in [4.78, 5) is 12.8. The Morgan fingerprint density at radius 1 is 1.67 bits per heavy atom. The van der Waals surface area contributed by atoms with Gasteiger partial charge in [-0.3, -0.25) is 10.2 Å². The standard InChI is InChI=1S/C7H9N3O2/c11-7-9-4-1-10(7)2-5-6(4)8-3-12-5/h2,4,6,8H,1,3H2,(H,9,11). The van der Waals surface area contributed by atoms with Crippen molar-refractivity contribution in [3.8, 4) is 0 Å². The summed E-state index contributed by atoms with van der Waals surface area (Å²) < 4.78 is 5.30. The average molecular weight is 167 g/mol. The molecule has 3 rings (SSSR count). The highest BCUT2D eigenvalue weighted by atomic mass is 16.5. The second-order valence-electron chi connectivity index (χ2n) is 3.21. The number of carbonyl (C=O) groups is 1. The van der Waals surface area contributed by atoms with Crippen LogP contribution in [0.25, 0.3) is 0 Å². The maximum Gasteiger partial charge on any atom is 0.321 e. The molecule has 2 fully saturated rings. The van der Waals surface area contributed by atoms with Crippen LogP contribution in [0.5, 0.6) is 0 Å². The largest absolute Gasteiger partial charge is 0.479 e. The van der Waals surface area contributed by atoms with Crippen molar-refractivity contribution in [1.82, 2.24) is 15.5 Å². The van der Waals surface area contributed by atoms with Gasteiger partial charge in [0.1, 0.15) is 12.5 Å². The first-order chi connectivity index (χ1) is 5.84. The summed E-state index contributed by atoms with van der Waals surface area (Å²) in [5, 5.41) is 6.05. The molecule has 2 saturated heterocycles. The van der Waals surface area contributed by atoms with E-state index in [4.69, 9.17) is 4.74 Å². The molecule has 2 amide bonds. The Bertz CT molecular complexity index is 276. The third kappa shape index (κ3) is 0.640. The number of urea groups is 1. The van der Waals surface area contributed by atoms with Crippen molar-refractivity contribution >= 4 is 6.03 Å². The van der Waals surface area contributed by atoms with Crippen LogP contribution in [0, 0.1) is 0 Å². The van der Waals surface area contributed by atoms with Gasteiger partial charge in [-0.25, -0.2) is 4.79 Å². The molecule has 0 spiro atoms. The summed E-state index contributed by atoms with van der Waals surface area (Å²) >= 11 is 0. The van der Waals surface area contributed by atoms with Crippen molar-refractivity contribution < 1.29 is 9.53 Å². The van der Waals surface area contributed by atoms with E-state index in [-0.39, 0.29) is 18.1 Å². The number of hydrogen-bond acceptors (Lipinski definition) is 3. The predicted octanol–water partition coefficient (Wildman–Crippen LogP) is -0.819. The highest BCUT2D eigenvalue weighted by Crippen LogP contribution is 2.24. The molecule has 5 heteroatoms. The number of carbonyl (C=O) groups excluding carboxylic acids is 1. The van der Waals surface area contributed by atoms with Crippen LogP contribution in [0.1, 0.15) is 0 Å². The van der Waals surface area contributed by atoms with E-state index in [0.717, 1.165) is 12.3 Å². The molecule has 3 heterocycles. The number of rotatable bonds is 0. The van der Waals surface area contributed by atoms with Crippen molar-refractivity contribution in [3.63, 3.8) is 0 Å². The van der Waals surface area contributed by atoms with Crippen molar-refractivity contribution in [1.29, 1.82) is 0 Å². The van der Waals surface area contributed by atoms with E-state index in [1.165, 1.54) is 0 Å². The number of hydrogen-bond donors (Lipinski definition) is 2. The lowest BCUT2D eigenvalue weighted by Gasteiger charge is -2.21. The second kappa shape index (κ2) is 1.92.